The maximum atomic E-state index is 10.7. The minimum absolute atomic E-state index is 0.130. The molecule has 0 aromatic heterocycles. The first-order valence-corrected chi connectivity index (χ1v) is 4.79. The molecule has 0 aliphatic rings. The highest BCUT2D eigenvalue weighted by Gasteiger charge is 2.08. The molecule has 82 valence electrons. The second kappa shape index (κ2) is 5.00. The number of nitrogens with two attached hydrogens (primary N) is 1. The normalized spacial score (nSPS) is 12.2. The molecule has 0 fully saturated rings. The first-order valence-electron chi connectivity index (χ1n) is 4.42. The number of benzene rings is 1. The molecule has 0 amide bonds. The van der Waals surface area contributed by atoms with Crippen LogP contribution in [0, 0.1) is 0 Å². The number of aromatic carboxylic acids is 1. The minimum Gasteiger partial charge on any atom is -0.490 e. The second-order valence-electron chi connectivity index (χ2n) is 3.24. The lowest BCUT2D eigenvalue weighted by atomic mass is 10.2. The standard InChI is InChI=1S/C10H12ClNO3/c1-6(12)5-15-9-4-7(10(13)14)2-3-8(9)11/h2-4,6H,5,12H2,1H3,(H,13,14). The first-order chi connectivity index (χ1) is 7.00. The first kappa shape index (κ1) is 11.8. The molecule has 0 bridgehead atoms. The SMILES string of the molecule is CC(N)COc1cc(C(=O)O)ccc1Cl. The zero-order valence-electron chi connectivity index (χ0n) is 8.24. The van der Waals surface area contributed by atoms with E-state index in [1.54, 1.807) is 6.92 Å². The molecule has 1 rings (SSSR count). The molecule has 1 atom stereocenters. The molecule has 0 heterocycles. The van der Waals surface area contributed by atoms with E-state index in [1.165, 1.54) is 18.2 Å². The van der Waals surface area contributed by atoms with Gasteiger partial charge in [0.25, 0.3) is 0 Å². The highest BCUT2D eigenvalue weighted by Crippen LogP contribution is 2.25. The summed E-state index contributed by atoms with van der Waals surface area (Å²) < 4.78 is 5.27. The molecule has 0 aliphatic heterocycles. The van der Waals surface area contributed by atoms with Crippen molar-refractivity contribution in [3.63, 3.8) is 0 Å². The fraction of sp³-hybridized carbons (Fsp3) is 0.300. The number of hydrogen-bond donors (Lipinski definition) is 2. The molecule has 3 N–H and O–H groups in total. The van der Waals surface area contributed by atoms with Crippen molar-refractivity contribution in [1.29, 1.82) is 0 Å². The summed E-state index contributed by atoms with van der Waals surface area (Å²) in [7, 11) is 0. The van der Waals surface area contributed by atoms with Crippen LogP contribution in [0.25, 0.3) is 0 Å². The summed E-state index contributed by atoms with van der Waals surface area (Å²) in [5.41, 5.74) is 5.64. The summed E-state index contributed by atoms with van der Waals surface area (Å²) in [6, 6.07) is 4.16. The zero-order chi connectivity index (χ0) is 11.4. The van der Waals surface area contributed by atoms with Crippen molar-refractivity contribution in [3.05, 3.63) is 28.8 Å². The van der Waals surface area contributed by atoms with Crippen molar-refractivity contribution in [2.45, 2.75) is 13.0 Å². The molecule has 0 saturated carbocycles. The lowest BCUT2D eigenvalue weighted by Gasteiger charge is -2.10. The largest absolute Gasteiger partial charge is 0.490 e. The van der Waals surface area contributed by atoms with Crippen molar-refractivity contribution in [3.8, 4) is 5.75 Å². The van der Waals surface area contributed by atoms with Crippen LogP contribution >= 0.6 is 11.6 Å². The van der Waals surface area contributed by atoms with Crippen LogP contribution in [0.15, 0.2) is 18.2 Å². The molecule has 1 aromatic rings. The zero-order valence-corrected chi connectivity index (χ0v) is 8.99. The maximum absolute atomic E-state index is 10.7. The molecule has 0 radical (unpaired) electrons. The van der Waals surface area contributed by atoms with Gasteiger partial charge >= 0.3 is 5.97 Å². The van der Waals surface area contributed by atoms with Crippen LogP contribution in [-0.4, -0.2) is 23.7 Å². The minimum atomic E-state index is -1.02. The number of hydrogen-bond acceptors (Lipinski definition) is 3. The third-order valence-corrected chi connectivity index (χ3v) is 1.99. The topological polar surface area (TPSA) is 72.5 Å². The van der Waals surface area contributed by atoms with Gasteiger partial charge in [0.05, 0.1) is 10.6 Å². The van der Waals surface area contributed by atoms with E-state index in [-0.39, 0.29) is 11.6 Å². The molecule has 1 unspecified atom stereocenters. The molecule has 5 heteroatoms. The van der Waals surface area contributed by atoms with Crippen molar-refractivity contribution in [2.24, 2.45) is 5.73 Å². The molecule has 0 aliphatic carbocycles. The summed E-state index contributed by atoms with van der Waals surface area (Å²) in [5, 5.41) is 9.13. The van der Waals surface area contributed by atoms with E-state index in [2.05, 4.69) is 0 Å². The van der Waals surface area contributed by atoms with Gasteiger partial charge in [-0.25, -0.2) is 4.79 Å². The molecule has 0 spiro atoms. The Kier molecular flexibility index (Phi) is 3.94. The molecule has 4 nitrogen and oxygen atoms in total. The Balaban J connectivity index is 2.85. The summed E-state index contributed by atoms with van der Waals surface area (Å²) in [5.74, 6) is -0.675. The monoisotopic (exact) mass is 229 g/mol. The molecular formula is C10H12ClNO3. The van der Waals surface area contributed by atoms with Crippen LogP contribution in [0.5, 0.6) is 5.75 Å². The number of halogens is 1. The number of carbonyl (C=O) groups is 1. The van der Waals surface area contributed by atoms with Gasteiger partial charge in [-0.2, -0.15) is 0 Å². The quantitative estimate of drug-likeness (QED) is 0.825. The Morgan fingerprint density at radius 2 is 2.33 bits per heavy atom. The average Bonchev–Trinajstić information content (AvgIpc) is 2.16. The number of ether oxygens (including phenoxy) is 1. The van der Waals surface area contributed by atoms with Gasteiger partial charge in [0.1, 0.15) is 12.4 Å². The van der Waals surface area contributed by atoms with Crippen molar-refractivity contribution < 1.29 is 14.6 Å². The van der Waals surface area contributed by atoms with Crippen LogP contribution in [0.2, 0.25) is 5.02 Å². The molecule has 15 heavy (non-hydrogen) atoms. The van der Waals surface area contributed by atoms with Gasteiger partial charge in [0.15, 0.2) is 0 Å². The summed E-state index contributed by atoms with van der Waals surface area (Å²) in [4.78, 5) is 10.7. The smallest absolute Gasteiger partial charge is 0.335 e. The maximum Gasteiger partial charge on any atom is 0.335 e. The van der Waals surface area contributed by atoms with Gasteiger partial charge in [0, 0.05) is 6.04 Å². The van der Waals surface area contributed by atoms with Gasteiger partial charge in [-0.3, -0.25) is 0 Å². The molecule has 1 aromatic carbocycles. The van der Waals surface area contributed by atoms with Crippen molar-refractivity contribution in [1.82, 2.24) is 0 Å². The van der Waals surface area contributed by atoms with Gasteiger partial charge in [-0.15, -0.1) is 0 Å². The van der Waals surface area contributed by atoms with Crippen LogP contribution in [0.4, 0.5) is 0 Å². The number of carboxylic acid groups (broad SMARTS) is 1. The van der Waals surface area contributed by atoms with Crippen molar-refractivity contribution in [2.75, 3.05) is 6.61 Å². The predicted molar refractivity (Wildman–Crippen MR) is 57.6 cm³/mol. The van der Waals surface area contributed by atoms with Crippen LogP contribution in [-0.2, 0) is 0 Å². The van der Waals surface area contributed by atoms with E-state index in [0.29, 0.717) is 17.4 Å². The van der Waals surface area contributed by atoms with Gasteiger partial charge < -0.3 is 15.6 Å². The lowest BCUT2D eigenvalue weighted by molar-refractivity contribution is 0.0696. The fourth-order valence-corrected chi connectivity index (χ4v) is 1.14. The van der Waals surface area contributed by atoms with Gasteiger partial charge in [-0.05, 0) is 25.1 Å². The van der Waals surface area contributed by atoms with Crippen LogP contribution in [0.1, 0.15) is 17.3 Å². The Morgan fingerprint density at radius 1 is 1.67 bits per heavy atom. The van der Waals surface area contributed by atoms with Gasteiger partial charge in [0.2, 0.25) is 0 Å². The summed E-state index contributed by atoms with van der Waals surface area (Å²) in [6.45, 7) is 2.08. The number of carboxylic acids is 1. The third kappa shape index (κ3) is 3.42. The molecular weight excluding hydrogens is 218 g/mol. The highest BCUT2D eigenvalue weighted by molar-refractivity contribution is 6.32. The predicted octanol–water partition coefficient (Wildman–Crippen LogP) is 1.76. The Bertz CT molecular complexity index is 366. The lowest BCUT2D eigenvalue weighted by Crippen LogP contribution is -2.23. The fourth-order valence-electron chi connectivity index (χ4n) is 0.968. The Hall–Kier alpha value is -1.26. The second-order valence-corrected chi connectivity index (χ2v) is 3.65. The van der Waals surface area contributed by atoms with E-state index >= 15 is 0 Å². The van der Waals surface area contributed by atoms with Crippen LogP contribution < -0.4 is 10.5 Å². The molecule has 0 saturated heterocycles. The average molecular weight is 230 g/mol. The summed E-state index contributed by atoms with van der Waals surface area (Å²) in [6.07, 6.45) is 0. The highest BCUT2D eigenvalue weighted by atomic mass is 35.5. The Labute approximate surface area is 92.6 Å². The van der Waals surface area contributed by atoms with E-state index in [0.717, 1.165) is 0 Å². The van der Waals surface area contributed by atoms with E-state index in [9.17, 15) is 4.79 Å². The van der Waals surface area contributed by atoms with Crippen LogP contribution in [0.3, 0.4) is 0 Å². The number of rotatable bonds is 4. The third-order valence-electron chi connectivity index (χ3n) is 1.68. The van der Waals surface area contributed by atoms with E-state index < -0.39 is 5.97 Å². The van der Waals surface area contributed by atoms with E-state index in [1.807, 2.05) is 0 Å². The Morgan fingerprint density at radius 3 is 2.87 bits per heavy atom. The van der Waals surface area contributed by atoms with Crippen molar-refractivity contribution >= 4 is 17.6 Å². The summed E-state index contributed by atoms with van der Waals surface area (Å²) >= 11 is 5.83. The van der Waals surface area contributed by atoms with E-state index in [4.69, 9.17) is 27.2 Å². The van der Waals surface area contributed by atoms with Gasteiger partial charge in [-0.1, -0.05) is 11.6 Å².